The Morgan fingerprint density at radius 2 is 2.28 bits per heavy atom. The molecule has 1 aliphatic rings. The third-order valence-electron chi connectivity index (χ3n) is 3.56. The second-order valence-electron chi connectivity index (χ2n) is 5.08. The van der Waals surface area contributed by atoms with Crippen molar-refractivity contribution < 1.29 is 9.90 Å². The Balaban J connectivity index is 2.17. The summed E-state index contributed by atoms with van der Waals surface area (Å²) in [5, 5.41) is 14.3. The van der Waals surface area contributed by atoms with Crippen molar-refractivity contribution in [3.05, 3.63) is 0 Å². The molecule has 5 nitrogen and oxygen atoms in total. The molecule has 1 rings (SSSR count). The maximum atomic E-state index is 11.5. The average Bonchev–Trinajstić information content (AvgIpc) is 2.39. The van der Waals surface area contributed by atoms with Crippen LogP contribution in [0.4, 0.5) is 4.79 Å². The molecule has 0 aliphatic carbocycles. The molecule has 1 heterocycles. The van der Waals surface area contributed by atoms with Gasteiger partial charge in [-0.3, -0.25) is 4.90 Å². The van der Waals surface area contributed by atoms with Gasteiger partial charge in [-0.2, -0.15) is 0 Å². The standard InChI is InChI=1S/C13H27N3O2/c1-3-12-6-4-5-8-16(12)9-7-14-13(18)15-11(2)10-17/h11-12,17H,3-10H2,1-2H3,(H2,14,15,18). The predicted molar refractivity (Wildman–Crippen MR) is 72.6 cm³/mol. The van der Waals surface area contributed by atoms with Crippen LogP contribution < -0.4 is 10.6 Å². The van der Waals surface area contributed by atoms with Gasteiger partial charge < -0.3 is 15.7 Å². The van der Waals surface area contributed by atoms with Crippen molar-refractivity contribution in [2.75, 3.05) is 26.2 Å². The minimum atomic E-state index is -0.193. The van der Waals surface area contributed by atoms with Gasteiger partial charge >= 0.3 is 6.03 Å². The molecule has 1 saturated heterocycles. The number of amides is 2. The predicted octanol–water partition coefficient (Wildman–Crippen LogP) is 0.931. The topological polar surface area (TPSA) is 64.6 Å². The van der Waals surface area contributed by atoms with Gasteiger partial charge in [0.15, 0.2) is 0 Å². The average molecular weight is 257 g/mol. The van der Waals surface area contributed by atoms with E-state index in [2.05, 4.69) is 22.5 Å². The fraction of sp³-hybridized carbons (Fsp3) is 0.923. The molecule has 1 aliphatic heterocycles. The summed E-state index contributed by atoms with van der Waals surface area (Å²) in [4.78, 5) is 13.9. The Hall–Kier alpha value is -0.810. The number of carbonyl (C=O) groups is 1. The summed E-state index contributed by atoms with van der Waals surface area (Å²) < 4.78 is 0. The first-order valence-electron chi connectivity index (χ1n) is 7.06. The van der Waals surface area contributed by atoms with Crippen LogP contribution in [0.5, 0.6) is 0 Å². The van der Waals surface area contributed by atoms with E-state index in [1.807, 2.05) is 0 Å². The lowest BCUT2D eigenvalue weighted by Gasteiger charge is -2.35. The van der Waals surface area contributed by atoms with Crippen molar-refractivity contribution in [3.8, 4) is 0 Å². The molecule has 0 aromatic rings. The number of hydrogen-bond acceptors (Lipinski definition) is 3. The Morgan fingerprint density at radius 1 is 1.50 bits per heavy atom. The highest BCUT2D eigenvalue weighted by Crippen LogP contribution is 2.18. The number of piperidine rings is 1. The van der Waals surface area contributed by atoms with E-state index < -0.39 is 0 Å². The maximum Gasteiger partial charge on any atom is 0.315 e. The van der Waals surface area contributed by atoms with Crippen LogP contribution in [0.25, 0.3) is 0 Å². The van der Waals surface area contributed by atoms with Crippen molar-refractivity contribution in [1.82, 2.24) is 15.5 Å². The van der Waals surface area contributed by atoms with Crippen molar-refractivity contribution in [3.63, 3.8) is 0 Å². The molecule has 2 unspecified atom stereocenters. The Labute approximate surface area is 110 Å². The van der Waals surface area contributed by atoms with Crippen molar-refractivity contribution in [2.24, 2.45) is 0 Å². The Kier molecular flexibility index (Phi) is 7.05. The number of hydrogen-bond donors (Lipinski definition) is 3. The Morgan fingerprint density at radius 3 is 2.94 bits per heavy atom. The lowest BCUT2D eigenvalue weighted by atomic mass is 10.0. The first-order chi connectivity index (χ1) is 8.67. The van der Waals surface area contributed by atoms with E-state index in [9.17, 15) is 4.79 Å². The molecule has 0 radical (unpaired) electrons. The van der Waals surface area contributed by atoms with E-state index in [-0.39, 0.29) is 18.7 Å². The lowest BCUT2D eigenvalue weighted by Crippen LogP contribution is -2.47. The first kappa shape index (κ1) is 15.2. The number of nitrogens with zero attached hydrogens (tertiary/aromatic N) is 1. The van der Waals surface area contributed by atoms with Gasteiger partial charge in [-0.25, -0.2) is 4.79 Å². The molecule has 3 N–H and O–H groups in total. The molecule has 2 atom stereocenters. The van der Waals surface area contributed by atoms with Crippen LogP contribution in [0.3, 0.4) is 0 Å². The zero-order chi connectivity index (χ0) is 13.4. The normalized spacial score (nSPS) is 22.5. The van der Waals surface area contributed by atoms with Gasteiger partial charge in [-0.1, -0.05) is 13.3 Å². The van der Waals surface area contributed by atoms with Crippen LogP contribution in [0.2, 0.25) is 0 Å². The molecule has 0 bridgehead atoms. The largest absolute Gasteiger partial charge is 0.394 e. The fourth-order valence-corrected chi connectivity index (χ4v) is 2.45. The van der Waals surface area contributed by atoms with Gasteiger partial charge in [0.2, 0.25) is 0 Å². The second kappa shape index (κ2) is 8.32. The molecule has 18 heavy (non-hydrogen) atoms. The molecule has 2 amide bonds. The number of urea groups is 1. The fourth-order valence-electron chi connectivity index (χ4n) is 2.45. The summed E-state index contributed by atoms with van der Waals surface area (Å²) in [6.07, 6.45) is 5.07. The van der Waals surface area contributed by atoms with Crippen LogP contribution in [-0.4, -0.2) is 54.4 Å². The van der Waals surface area contributed by atoms with Crippen LogP contribution in [0, 0.1) is 0 Å². The van der Waals surface area contributed by atoms with Gasteiger partial charge in [0.25, 0.3) is 0 Å². The van der Waals surface area contributed by atoms with Crippen LogP contribution in [-0.2, 0) is 0 Å². The van der Waals surface area contributed by atoms with E-state index in [0.29, 0.717) is 12.6 Å². The summed E-state index contributed by atoms with van der Waals surface area (Å²) in [5.74, 6) is 0. The van der Waals surface area contributed by atoms with Crippen LogP contribution in [0.15, 0.2) is 0 Å². The lowest BCUT2D eigenvalue weighted by molar-refractivity contribution is 0.145. The Bertz CT molecular complexity index is 248. The van der Waals surface area contributed by atoms with Crippen LogP contribution in [0.1, 0.15) is 39.5 Å². The van der Waals surface area contributed by atoms with Crippen molar-refractivity contribution in [1.29, 1.82) is 0 Å². The number of aliphatic hydroxyl groups is 1. The van der Waals surface area contributed by atoms with Crippen molar-refractivity contribution in [2.45, 2.75) is 51.6 Å². The summed E-state index contributed by atoms with van der Waals surface area (Å²) in [5.41, 5.74) is 0. The van der Waals surface area contributed by atoms with Gasteiger partial charge in [0.05, 0.1) is 12.6 Å². The van der Waals surface area contributed by atoms with Crippen molar-refractivity contribution >= 4 is 6.03 Å². The van der Waals surface area contributed by atoms with Gasteiger partial charge in [0.1, 0.15) is 0 Å². The number of aliphatic hydroxyl groups excluding tert-OH is 1. The van der Waals surface area contributed by atoms with Gasteiger partial charge in [0, 0.05) is 19.1 Å². The molecular weight excluding hydrogens is 230 g/mol. The smallest absolute Gasteiger partial charge is 0.315 e. The zero-order valence-electron chi connectivity index (χ0n) is 11.6. The van der Waals surface area contributed by atoms with E-state index in [1.165, 1.54) is 25.7 Å². The van der Waals surface area contributed by atoms with E-state index in [4.69, 9.17) is 5.11 Å². The minimum absolute atomic E-state index is 0.0303. The molecule has 106 valence electrons. The number of rotatable bonds is 6. The van der Waals surface area contributed by atoms with Gasteiger partial charge in [-0.15, -0.1) is 0 Å². The molecular formula is C13H27N3O2. The zero-order valence-corrected chi connectivity index (χ0v) is 11.6. The van der Waals surface area contributed by atoms with Gasteiger partial charge in [-0.05, 0) is 32.7 Å². The quantitative estimate of drug-likeness (QED) is 0.663. The minimum Gasteiger partial charge on any atom is -0.394 e. The number of carbonyl (C=O) groups excluding carboxylic acids is 1. The summed E-state index contributed by atoms with van der Waals surface area (Å²) >= 11 is 0. The summed E-state index contributed by atoms with van der Waals surface area (Å²) in [6.45, 7) is 6.70. The SMILES string of the molecule is CCC1CCCCN1CCNC(=O)NC(C)CO. The molecule has 0 spiro atoms. The maximum absolute atomic E-state index is 11.5. The molecule has 0 aromatic carbocycles. The van der Waals surface area contributed by atoms with E-state index in [0.717, 1.165) is 13.1 Å². The highest BCUT2D eigenvalue weighted by molar-refractivity contribution is 5.74. The van der Waals surface area contributed by atoms with E-state index >= 15 is 0 Å². The molecule has 5 heteroatoms. The third kappa shape index (κ3) is 5.23. The second-order valence-corrected chi connectivity index (χ2v) is 5.08. The number of likely N-dealkylation sites (tertiary alicyclic amines) is 1. The first-order valence-corrected chi connectivity index (χ1v) is 7.06. The summed E-state index contributed by atoms with van der Waals surface area (Å²) in [6, 6.07) is 0.296. The molecule has 1 fully saturated rings. The third-order valence-corrected chi connectivity index (χ3v) is 3.56. The van der Waals surface area contributed by atoms with E-state index in [1.54, 1.807) is 6.92 Å². The monoisotopic (exact) mass is 257 g/mol. The number of nitrogens with one attached hydrogen (secondary N) is 2. The summed E-state index contributed by atoms with van der Waals surface area (Å²) in [7, 11) is 0. The highest BCUT2D eigenvalue weighted by atomic mass is 16.3. The molecule has 0 saturated carbocycles. The highest BCUT2D eigenvalue weighted by Gasteiger charge is 2.20. The van der Waals surface area contributed by atoms with Crippen LogP contribution >= 0.6 is 0 Å². The molecule has 0 aromatic heterocycles.